The van der Waals surface area contributed by atoms with Gasteiger partial charge in [0.15, 0.2) is 0 Å². The predicted octanol–water partition coefficient (Wildman–Crippen LogP) is 4.31. The molecule has 2 aliphatic rings. The number of rotatable bonds is 4. The molecule has 0 atom stereocenters. The number of nitrogens with zero attached hydrogens (tertiary/aromatic N) is 1. The second kappa shape index (κ2) is 8.53. The molecule has 1 N–H and O–H groups in total. The Bertz CT molecular complexity index is 594. The van der Waals surface area contributed by atoms with E-state index in [2.05, 4.69) is 43.1 Å². The number of amides is 1. The summed E-state index contributed by atoms with van der Waals surface area (Å²) >= 11 is 0. The Morgan fingerprint density at radius 2 is 1.85 bits per heavy atom. The fraction of sp³-hybridized carbons (Fsp3) is 0.682. The van der Waals surface area contributed by atoms with Crippen LogP contribution in [0.25, 0.3) is 0 Å². The van der Waals surface area contributed by atoms with Gasteiger partial charge >= 0.3 is 0 Å². The first kappa shape index (κ1) is 19.4. The number of ether oxygens (including phenoxy) is 1. The van der Waals surface area contributed by atoms with Crippen molar-refractivity contribution in [2.75, 3.05) is 31.6 Å². The van der Waals surface area contributed by atoms with Gasteiger partial charge in [-0.1, -0.05) is 32.9 Å². The molecule has 4 heteroatoms. The lowest BCUT2D eigenvalue weighted by Gasteiger charge is -2.36. The molecule has 2 fully saturated rings. The third kappa shape index (κ3) is 5.31. The van der Waals surface area contributed by atoms with E-state index < -0.39 is 0 Å². The van der Waals surface area contributed by atoms with Crippen LogP contribution in [0.5, 0.6) is 0 Å². The minimum atomic E-state index is 0.163. The minimum absolute atomic E-state index is 0.163. The molecule has 0 radical (unpaired) electrons. The molecule has 144 valence electrons. The van der Waals surface area contributed by atoms with Gasteiger partial charge in [0.05, 0.1) is 13.2 Å². The monoisotopic (exact) mass is 358 g/mol. The van der Waals surface area contributed by atoms with Gasteiger partial charge in [-0.05, 0) is 54.7 Å². The van der Waals surface area contributed by atoms with E-state index in [1.54, 1.807) is 0 Å². The van der Waals surface area contributed by atoms with Gasteiger partial charge in [0.1, 0.15) is 0 Å². The summed E-state index contributed by atoms with van der Waals surface area (Å²) in [5, 5.41) is 3.16. The number of nitrogens with one attached hydrogen (secondary N) is 1. The molecule has 1 aliphatic carbocycles. The van der Waals surface area contributed by atoms with Crippen LogP contribution >= 0.6 is 0 Å². The molecule has 1 aliphatic heterocycles. The smallest absolute Gasteiger partial charge is 0.227 e. The van der Waals surface area contributed by atoms with E-state index in [-0.39, 0.29) is 11.8 Å². The Morgan fingerprint density at radius 3 is 2.50 bits per heavy atom. The topological polar surface area (TPSA) is 41.6 Å². The first-order valence-electron chi connectivity index (χ1n) is 10.1. The summed E-state index contributed by atoms with van der Waals surface area (Å²) in [6.07, 6.45) is 4.36. The second-order valence-electron chi connectivity index (χ2n) is 8.99. The van der Waals surface area contributed by atoms with Gasteiger partial charge in [0.25, 0.3) is 0 Å². The van der Waals surface area contributed by atoms with Gasteiger partial charge in [0, 0.05) is 31.2 Å². The van der Waals surface area contributed by atoms with E-state index in [9.17, 15) is 4.79 Å². The molecule has 4 nitrogen and oxygen atoms in total. The fourth-order valence-electron chi connectivity index (χ4n) is 4.23. The molecule has 1 saturated carbocycles. The second-order valence-corrected chi connectivity index (χ2v) is 8.99. The third-order valence-electron chi connectivity index (χ3n) is 6.03. The van der Waals surface area contributed by atoms with Crippen LogP contribution in [0.3, 0.4) is 0 Å². The largest absolute Gasteiger partial charge is 0.379 e. The Balaban J connectivity index is 1.52. The quantitative estimate of drug-likeness (QED) is 0.872. The molecule has 0 bridgehead atoms. The Kier molecular flexibility index (Phi) is 6.36. The van der Waals surface area contributed by atoms with Crippen molar-refractivity contribution in [2.24, 2.45) is 17.3 Å². The van der Waals surface area contributed by atoms with Gasteiger partial charge in [-0.15, -0.1) is 0 Å². The minimum Gasteiger partial charge on any atom is -0.379 e. The number of carbonyl (C=O) groups excluding carboxylic acids is 1. The van der Waals surface area contributed by atoms with E-state index in [4.69, 9.17) is 4.74 Å². The molecule has 0 unspecified atom stereocenters. The van der Waals surface area contributed by atoms with Crippen LogP contribution in [-0.4, -0.2) is 37.1 Å². The van der Waals surface area contributed by atoms with Crippen molar-refractivity contribution in [1.82, 2.24) is 4.90 Å². The van der Waals surface area contributed by atoms with Crippen molar-refractivity contribution >= 4 is 11.6 Å². The summed E-state index contributed by atoms with van der Waals surface area (Å²) in [5.41, 5.74) is 2.54. The van der Waals surface area contributed by atoms with Crippen LogP contribution in [-0.2, 0) is 16.1 Å². The maximum atomic E-state index is 12.7. The summed E-state index contributed by atoms with van der Waals surface area (Å²) in [7, 11) is 0. The number of morpholine rings is 1. The van der Waals surface area contributed by atoms with Crippen molar-refractivity contribution in [3.8, 4) is 0 Å². The SMILES string of the molecule is CC(C)(C)C1CCC(C(=O)Nc2cccc(CN3CCOCC3)c2)CC1. The predicted molar refractivity (Wildman–Crippen MR) is 106 cm³/mol. The van der Waals surface area contributed by atoms with E-state index in [0.29, 0.717) is 5.41 Å². The number of hydrogen-bond donors (Lipinski definition) is 1. The van der Waals surface area contributed by atoms with Crippen molar-refractivity contribution in [2.45, 2.75) is 53.0 Å². The lowest BCUT2D eigenvalue weighted by atomic mass is 9.69. The maximum Gasteiger partial charge on any atom is 0.227 e. The summed E-state index contributed by atoms with van der Waals surface area (Å²) in [4.78, 5) is 15.1. The summed E-state index contributed by atoms with van der Waals surface area (Å²) in [6.45, 7) is 11.5. The molecule has 0 spiro atoms. The zero-order valence-corrected chi connectivity index (χ0v) is 16.6. The molecule has 26 heavy (non-hydrogen) atoms. The molecule has 0 aromatic heterocycles. The van der Waals surface area contributed by atoms with Crippen molar-refractivity contribution in [3.05, 3.63) is 29.8 Å². The highest BCUT2D eigenvalue weighted by atomic mass is 16.5. The lowest BCUT2D eigenvalue weighted by Crippen LogP contribution is -2.35. The van der Waals surface area contributed by atoms with Gasteiger partial charge in [-0.25, -0.2) is 0 Å². The number of anilines is 1. The summed E-state index contributed by atoms with van der Waals surface area (Å²) in [5.74, 6) is 1.10. The van der Waals surface area contributed by atoms with Crippen LogP contribution in [0.2, 0.25) is 0 Å². The Morgan fingerprint density at radius 1 is 1.15 bits per heavy atom. The molecular formula is C22H34N2O2. The molecule has 3 rings (SSSR count). The van der Waals surface area contributed by atoms with Crippen LogP contribution in [0.15, 0.2) is 24.3 Å². The first-order valence-corrected chi connectivity index (χ1v) is 10.1. The van der Waals surface area contributed by atoms with Crippen LogP contribution in [0, 0.1) is 17.3 Å². The van der Waals surface area contributed by atoms with Crippen molar-refractivity contribution in [3.63, 3.8) is 0 Å². The fourth-order valence-corrected chi connectivity index (χ4v) is 4.23. The van der Waals surface area contributed by atoms with Gasteiger partial charge < -0.3 is 10.1 Å². The normalized spacial score (nSPS) is 25.0. The van der Waals surface area contributed by atoms with E-state index in [1.807, 2.05) is 12.1 Å². The van der Waals surface area contributed by atoms with E-state index >= 15 is 0 Å². The molecule has 1 saturated heterocycles. The summed E-state index contributed by atoms with van der Waals surface area (Å²) < 4.78 is 5.41. The zero-order chi connectivity index (χ0) is 18.6. The molecular weight excluding hydrogens is 324 g/mol. The summed E-state index contributed by atoms with van der Waals surface area (Å²) in [6, 6.07) is 8.30. The van der Waals surface area contributed by atoms with E-state index in [1.165, 1.54) is 18.4 Å². The Labute approximate surface area is 158 Å². The highest BCUT2D eigenvalue weighted by molar-refractivity contribution is 5.92. The zero-order valence-electron chi connectivity index (χ0n) is 16.6. The lowest BCUT2D eigenvalue weighted by molar-refractivity contribution is -0.121. The Hall–Kier alpha value is -1.39. The van der Waals surface area contributed by atoms with Gasteiger partial charge in [0.2, 0.25) is 5.91 Å². The van der Waals surface area contributed by atoms with Crippen LogP contribution < -0.4 is 5.32 Å². The average Bonchev–Trinajstić information content (AvgIpc) is 2.62. The van der Waals surface area contributed by atoms with Gasteiger partial charge in [-0.2, -0.15) is 0 Å². The maximum absolute atomic E-state index is 12.7. The number of hydrogen-bond acceptors (Lipinski definition) is 3. The van der Waals surface area contributed by atoms with Crippen molar-refractivity contribution in [1.29, 1.82) is 0 Å². The van der Waals surface area contributed by atoms with E-state index in [0.717, 1.165) is 57.3 Å². The standard InChI is InChI=1S/C22H34N2O2/c1-22(2,3)19-9-7-18(8-10-19)21(25)23-20-6-4-5-17(15-20)16-24-11-13-26-14-12-24/h4-6,15,18-19H,7-14,16H2,1-3H3,(H,23,25). The average molecular weight is 359 g/mol. The molecule has 1 aromatic rings. The number of benzene rings is 1. The number of carbonyl (C=O) groups is 1. The first-order chi connectivity index (χ1) is 12.4. The van der Waals surface area contributed by atoms with Gasteiger partial charge in [-0.3, -0.25) is 9.69 Å². The molecule has 1 aromatic carbocycles. The van der Waals surface area contributed by atoms with Crippen LogP contribution in [0.4, 0.5) is 5.69 Å². The molecule has 1 amide bonds. The molecule has 1 heterocycles. The third-order valence-corrected chi connectivity index (χ3v) is 6.03. The highest BCUT2D eigenvalue weighted by Gasteiger charge is 2.32. The highest BCUT2D eigenvalue weighted by Crippen LogP contribution is 2.40. The van der Waals surface area contributed by atoms with Crippen LogP contribution in [0.1, 0.15) is 52.0 Å². The van der Waals surface area contributed by atoms with Crippen molar-refractivity contribution < 1.29 is 9.53 Å².